The number of carbonyl (C=O) groups is 2. The monoisotopic (exact) mass is 305 g/mol. The lowest BCUT2D eigenvalue weighted by Gasteiger charge is -2.34. The van der Waals surface area contributed by atoms with Crippen molar-refractivity contribution in [1.82, 2.24) is 0 Å². The Hall–Kier alpha value is -1.30. The van der Waals surface area contributed by atoms with Gasteiger partial charge in [0, 0.05) is 25.4 Å². The average Bonchev–Trinajstić information content (AvgIpc) is 2.76. The maximum atomic E-state index is 11.8. The lowest BCUT2D eigenvalue weighted by atomic mass is 9.93. The van der Waals surface area contributed by atoms with Crippen LogP contribution in [0.2, 0.25) is 0 Å². The van der Waals surface area contributed by atoms with Crippen molar-refractivity contribution in [3.05, 3.63) is 11.1 Å². The fourth-order valence-electron chi connectivity index (χ4n) is 2.96. The zero-order valence-electron chi connectivity index (χ0n) is 12.8. The van der Waals surface area contributed by atoms with Gasteiger partial charge in [0.1, 0.15) is 13.6 Å². The highest BCUT2D eigenvalue weighted by atomic mass is 32.1. The van der Waals surface area contributed by atoms with Gasteiger partial charge in [-0.05, 0) is 37.0 Å². The van der Waals surface area contributed by atoms with Crippen LogP contribution in [0.4, 0.5) is 5.00 Å². The van der Waals surface area contributed by atoms with Crippen molar-refractivity contribution in [2.75, 3.05) is 18.6 Å². The molecule has 1 fully saturated rings. The summed E-state index contributed by atoms with van der Waals surface area (Å²) in [6.45, 7) is 4.83. The standard InChI is InChI=1S/C15H20BNO3S/c1-4-17(10-5-7-11(18)8-6-10)14-9(2)12(13(16)21-14)15(19)20-3/h10H,4-8H2,1-3H3. The summed E-state index contributed by atoms with van der Waals surface area (Å²) < 4.78 is 5.31. The number of thiophene rings is 1. The molecule has 21 heavy (non-hydrogen) atoms. The number of nitrogens with zero attached hydrogens (tertiary/aromatic N) is 1. The number of methoxy groups -OCH3 is 1. The van der Waals surface area contributed by atoms with E-state index < -0.39 is 0 Å². The van der Waals surface area contributed by atoms with Crippen LogP contribution in [0.1, 0.15) is 48.5 Å². The Balaban J connectivity index is 2.30. The Kier molecular flexibility index (Phi) is 5.09. The fraction of sp³-hybridized carbons (Fsp3) is 0.600. The second kappa shape index (κ2) is 6.64. The highest BCUT2D eigenvalue weighted by molar-refractivity contribution is 7.24. The first kappa shape index (κ1) is 16.1. The minimum Gasteiger partial charge on any atom is -0.465 e. The Morgan fingerprint density at radius 1 is 1.43 bits per heavy atom. The number of rotatable bonds is 4. The molecule has 0 aliphatic heterocycles. The van der Waals surface area contributed by atoms with Gasteiger partial charge in [-0.15, -0.1) is 11.3 Å². The van der Waals surface area contributed by atoms with E-state index in [1.54, 1.807) is 0 Å². The quantitative estimate of drug-likeness (QED) is 0.630. The van der Waals surface area contributed by atoms with Gasteiger partial charge in [0.15, 0.2) is 0 Å². The minimum absolute atomic E-state index is 0.343. The molecular formula is C15H20BNO3S. The van der Waals surface area contributed by atoms with Gasteiger partial charge in [-0.1, -0.05) is 0 Å². The van der Waals surface area contributed by atoms with Crippen molar-refractivity contribution in [2.24, 2.45) is 0 Å². The van der Waals surface area contributed by atoms with E-state index in [1.165, 1.54) is 18.4 Å². The molecule has 0 spiro atoms. The van der Waals surface area contributed by atoms with Gasteiger partial charge in [0.25, 0.3) is 0 Å². The number of carbonyl (C=O) groups excluding carboxylic acids is 2. The number of hydrogen-bond donors (Lipinski definition) is 0. The Labute approximate surface area is 130 Å². The third-order valence-electron chi connectivity index (χ3n) is 4.09. The Morgan fingerprint density at radius 3 is 2.57 bits per heavy atom. The second-order valence-electron chi connectivity index (χ2n) is 5.32. The van der Waals surface area contributed by atoms with Crippen molar-refractivity contribution < 1.29 is 14.3 Å². The van der Waals surface area contributed by atoms with Crippen LogP contribution in [0, 0.1) is 6.92 Å². The first-order chi connectivity index (χ1) is 9.99. The third-order valence-corrected chi connectivity index (χ3v) is 5.25. The SMILES string of the molecule is [B]c1sc(N(CC)C2CCC(=O)CC2)c(C)c1C(=O)OC. The lowest BCUT2D eigenvalue weighted by Crippen LogP contribution is -2.38. The van der Waals surface area contributed by atoms with Gasteiger partial charge in [-0.3, -0.25) is 4.79 Å². The molecule has 0 aromatic carbocycles. The third kappa shape index (κ3) is 3.15. The van der Waals surface area contributed by atoms with Crippen LogP contribution in [0.5, 0.6) is 0 Å². The molecule has 1 aliphatic rings. The molecule has 2 radical (unpaired) electrons. The van der Waals surface area contributed by atoms with Crippen molar-refractivity contribution in [2.45, 2.75) is 45.6 Å². The predicted octanol–water partition coefficient (Wildman–Crippen LogP) is 1.97. The first-order valence-corrected chi connectivity index (χ1v) is 8.06. The molecule has 1 aromatic rings. The van der Waals surface area contributed by atoms with Crippen LogP contribution in [-0.2, 0) is 9.53 Å². The largest absolute Gasteiger partial charge is 0.465 e. The van der Waals surface area contributed by atoms with E-state index in [0.29, 0.717) is 35.0 Å². The Morgan fingerprint density at radius 2 is 2.05 bits per heavy atom. The van der Waals surface area contributed by atoms with Gasteiger partial charge in [0.05, 0.1) is 17.7 Å². The Bertz CT molecular complexity index is 545. The summed E-state index contributed by atoms with van der Waals surface area (Å²) >= 11 is 1.43. The summed E-state index contributed by atoms with van der Waals surface area (Å²) in [4.78, 5) is 25.5. The maximum Gasteiger partial charge on any atom is 0.338 e. The van der Waals surface area contributed by atoms with E-state index in [2.05, 4.69) is 11.8 Å². The van der Waals surface area contributed by atoms with Crippen LogP contribution >= 0.6 is 11.3 Å². The molecule has 1 saturated carbocycles. The number of hydrogen-bond acceptors (Lipinski definition) is 5. The topological polar surface area (TPSA) is 46.6 Å². The van der Waals surface area contributed by atoms with E-state index in [4.69, 9.17) is 12.6 Å². The highest BCUT2D eigenvalue weighted by Gasteiger charge is 2.28. The minimum atomic E-state index is -0.387. The molecule has 1 aliphatic carbocycles. The van der Waals surface area contributed by atoms with E-state index in [-0.39, 0.29) is 5.97 Å². The molecule has 2 rings (SSSR count). The van der Waals surface area contributed by atoms with E-state index in [1.807, 2.05) is 6.92 Å². The van der Waals surface area contributed by atoms with Crippen molar-refractivity contribution in [3.63, 3.8) is 0 Å². The van der Waals surface area contributed by atoms with Crippen LogP contribution in [-0.4, -0.2) is 39.3 Å². The number of ether oxygens (including phenoxy) is 1. The molecule has 0 N–H and O–H groups in total. The maximum absolute atomic E-state index is 11.8. The average molecular weight is 305 g/mol. The number of anilines is 1. The van der Waals surface area contributed by atoms with Gasteiger partial charge >= 0.3 is 5.97 Å². The van der Waals surface area contributed by atoms with Gasteiger partial charge < -0.3 is 9.64 Å². The van der Waals surface area contributed by atoms with Crippen LogP contribution in [0.3, 0.4) is 0 Å². The van der Waals surface area contributed by atoms with Crippen molar-refractivity contribution in [3.8, 4) is 0 Å². The number of Topliss-reactive ketones (excluding diaryl/α,β-unsaturated/α-hetero) is 1. The summed E-state index contributed by atoms with van der Waals surface area (Å²) in [6, 6.07) is 0.343. The van der Waals surface area contributed by atoms with E-state index in [0.717, 1.165) is 30.0 Å². The lowest BCUT2D eigenvalue weighted by molar-refractivity contribution is -0.120. The summed E-state index contributed by atoms with van der Waals surface area (Å²) in [7, 11) is 7.36. The summed E-state index contributed by atoms with van der Waals surface area (Å²) in [6.07, 6.45) is 3.03. The zero-order chi connectivity index (χ0) is 15.6. The second-order valence-corrected chi connectivity index (χ2v) is 6.35. The molecule has 0 unspecified atom stereocenters. The number of esters is 1. The summed E-state index contributed by atoms with van der Waals surface area (Å²) in [5, 5.41) is 1.02. The molecule has 1 heterocycles. The van der Waals surface area contributed by atoms with Crippen molar-refractivity contribution >= 4 is 40.7 Å². The van der Waals surface area contributed by atoms with Gasteiger partial charge in [-0.25, -0.2) is 4.79 Å². The molecular weight excluding hydrogens is 285 g/mol. The highest BCUT2D eigenvalue weighted by Crippen LogP contribution is 2.33. The van der Waals surface area contributed by atoms with E-state index in [9.17, 15) is 9.59 Å². The molecule has 0 amide bonds. The first-order valence-electron chi connectivity index (χ1n) is 7.25. The van der Waals surface area contributed by atoms with Gasteiger partial charge in [0.2, 0.25) is 0 Å². The molecule has 112 valence electrons. The fourth-order valence-corrected chi connectivity index (χ4v) is 4.15. The normalized spacial score (nSPS) is 16.0. The van der Waals surface area contributed by atoms with Crippen molar-refractivity contribution in [1.29, 1.82) is 0 Å². The molecule has 4 nitrogen and oxygen atoms in total. The van der Waals surface area contributed by atoms with Crippen LogP contribution in [0.15, 0.2) is 0 Å². The molecule has 0 saturated heterocycles. The van der Waals surface area contributed by atoms with Gasteiger partial charge in [-0.2, -0.15) is 0 Å². The van der Waals surface area contributed by atoms with E-state index >= 15 is 0 Å². The molecule has 0 bridgehead atoms. The smallest absolute Gasteiger partial charge is 0.338 e. The van der Waals surface area contributed by atoms with Crippen LogP contribution in [0.25, 0.3) is 0 Å². The predicted molar refractivity (Wildman–Crippen MR) is 86.1 cm³/mol. The van der Waals surface area contributed by atoms with Crippen LogP contribution < -0.4 is 9.68 Å². The molecule has 0 atom stereocenters. The molecule has 6 heteroatoms. The summed E-state index contributed by atoms with van der Waals surface area (Å²) in [5.74, 6) is -0.0395. The molecule has 1 aromatic heterocycles. The number of ketones is 1. The zero-order valence-corrected chi connectivity index (χ0v) is 13.6. The summed E-state index contributed by atoms with van der Waals surface area (Å²) in [5.41, 5.74) is 1.35.